The van der Waals surface area contributed by atoms with Crippen LogP contribution in [0.2, 0.25) is 0 Å². The Morgan fingerprint density at radius 2 is 2.50 bits per heavy atom. The van der Waals surface area contributed by atoms with Crippen molar-refractivity contribution in [2.75, 3.05) is 0 Å². The van der Waals surface area contributed by atoms with Crippen molar-refractivity contribution in [1.29, 1.82) is 0 Å². The van der Waals surface area contributed by atoms with Gasteiger partial charge in [-0.3, -0.25) is 5.21 Å². The standard InChI is InChI=1S/C8H13NO3/c1-3-4-5-6-7(2)12-8(10)9-11/h3-5,7,11H,1,6H2,2H3,(H,9,10)/b5-4+. The van der Waals surface area contributed by atoms with Crippen molar-refractivity contribution < 1.29 is 14.7 Å². The molecule has 0 aromatic rings. The van der Waals surface area contributed by atoms with Crippen LogP contribution in [-0.4, -0.2) is 17.4 Å². The maximum atomic E-state index is 10.4. The van der Waals surface area contributed by atoms with E-state index in [-0.39, 0.29) is 6.10 Å². The first kappa shape index (κ1) is 10.7. The zero-order chi connectivity index (χ0) is 9.40. The molecular weight excluding hydrogens is 158 g/mol. The second kappa shape index (κ2) is 6.42. The highest BCUT2D eigenvalue weighted by atomic mass is 16.6. The van der Waals surface area contributed by atoms with Gasteiger partial charge in [-0.15, -0.1) is 0 Å². The number of amides is 1. The fraction of sp³-hybridized carbons (Fsp3) is 0.375. The molecule has 4 heteroatoms. The van der Waals surface area contributed by atoms with Crippen LogP contribution < -0.4 is 5.48 Å². The smallest absolute Gasteiger partial charge is 0.431 e. The summed E-state index contributed by atoms with van der Waals surface area (Å²) < 4.78 is 4.66. The number of hydrogen-bond donors (Lipinski definition) is 2. The molecule has 1 unspecified atom stereocenters. The molecule has 0 bridgehead atoms. The molecule has 0 radical (unpaired) electrons. The van der Waals surface area contributed by atoms with Crippen LogP contribution in [-0.2, 0) is 4.74 Å². The normalized spacial score (nSPS) is 12.5. The third-order valence-corrected chi connectivity index (χ3v) is 1.14. The van der Waals surface area contributed by atoms with Crippen LogP contribution in [0.1, 0.15) is 13.3 Å². The Bertz CT molecular complexity index is 177. The van der Waals surface area contributed by atoms with Gasteiger partial charge >= 0.3 is 6.09 Å². The fourth-order valence-corrected chi connectivity index (χ4v) is 0.624. The van der Waals surface area contributed by atoms with Gasteiger partial charge < -0.3 is 4.74 Å². The second-order valence-electron chi connectivity index (χ2n) is 2.23. The summed E-state index contributed by atoms with van der Waals surface area (Å²) in [4.78, 5) is 10.4. The second-order valence-corrected chi connectivity index (χ2v) is 2.23. The van der Waals surface area contributed by atoms with Crippen molar-refractivity contribution in [2.45, 2.75) is 19.4 Å². The quantitative estimate of drug-likeness (QED) is 0.384. The molecule has 68 valence electrons. The molecule has 0 fully saturated rings. The summed E-state index contributed by atoms with van der Waals surface area (Å²) in [5.41, 5.74) is 1.38. The van der Waals surface area contributed by atoms with E-state index in [0.29, 0.717) is 6.42 Å². The van der Waals surface area contributed by atoms with Crippen molar-refractivity contribution in [2.24, 2.45) is 0 Å². The molecule has 0 saturated heterocycles. The molecule has 0 aromatic carbocycles. The minimum absolute atomic E-state index is 0.256. The average Bonchev–Trinajstić information content (AvgIpc) is 2.05. The minimum Gasteiger partial charge on any atom is -0.445 e. The molecule has 0 aromatic heterocycles. The van der Waals surface area contributed by atoms with Gasteiger partial charge in [-0.1, -0.05) is 24.8 Å². The van der Waals surface area contributed by atoms with Gasteiger partial charge in [0, 0.05) is 6.42 Å². The van der Waals surface area contributed by atoms with Gasteiger partial charge in [-0.2, -0.15) is 0 Å². The lowest BCUT2D eigenvalue weighted by Gasteiger charge is -2.08. The van der Waals surface area contributed by atoms with Crippen LogP contribution in [0.3, 0.4) is 0 Å². The molecule has 0 spiro atoms. The maximum Gasteiger partial charge on any atom is 0.431 e. The first-order valence-electron chi connectivity index (χ1n) is 3.59. The lowest BCUT2D eigenvalue weighted by atomic mass is 10.2. The Hall–Kier alpha value is -1.29. The molecule has 4 nitrogen and oxygen atoms in total. The van der Waals surface area contributed by atoms with Crippen molar-refractivity contribution in [3.8, 4) is 0 Å². The van der Waals surface area contributed by atoms with E-state index in [4.69, 9.17) is 5.21 Å². The molecule has 0 heterocycles. The number of rotatable bonds is 4. The van der Waals surface area contributed by atoms with Crippen molar-refractivity contribution in [1.82, 2.24) is 5.48 Å². The molecule has 2 N–H and O–H groups in total. The zero-order valence-corrected chi connectivity index (χ0v) is 6.99. The molecule has 0 rings (SSSR count). The number of ether oxygens (including phenoxy) is 1. The number of carbonyl (C=O) groups excluding carboxylic acids is 1. The summed E-state index contributed by atoms with van der Waals surface area (Å²) in [6.07, 6.45) is 4.72. The van der Waals surface area contributed by atoms with E-state index >= 15 is 0 Å². The maximum absolute atomic E-state index is 10.4. The van der Waals surface area contributed by atoms with E-state index in [2.05, 4.69) is 11.3 Å². The van der Waals surface area contributed by atoms with Crippen LogP contribution >= 0.6 is 0 Å². The Balaban J connectivity index is 3.58. The summed E-state index contributed by atoms with van der Waals surface area (Å²) in [5.74, 6) is 0. The molecule has 0 aliphatic carbocycles. The molecule has 12 heavy (non-hydrogen) atoms. The third kappa shape index (κ3) is 5.49. The van der Waals surface area contributed by atoms with Gasteiger partial charge in [0.1, 0.15) is 6.10 Å². The fourth-order valence-electron chi connectivity index (χ4n) is 0.624. The van der Waals surface area contributed by atoms with Crippen molar-refractivity contribution in [3.63, 3.8) is 0 Å². The number of carbonyl (C=O) groups is 1. The van der Waals surface area contributed by atoms with Crippen LogP contribution in [0, 0.1) is 0 Å². The SMILES string of the molecule is C=C/C=C/CC(C)OC(=O)NO. The predicted octanol–water partition coefficient (Wildman–Crippen LogP) is 1.62. The molecule has 1 amide bonds. The highest BCUT2D eigenvalue weighted by Crippen LogP contribution is 1.98. The summed E-state index contributed by atoms with van der Waals surface area (Å²) in [7, 11) is 0. The van der Waals surface area contributed by atoms with E-state index in [1.165, 1.54) is 5.48 Å². The van der Waals surface area contributed by atoms with E-state index in [0.717, 1.165) is 0 Å². The Morgan fingerprint density at radius 1 is 1.83 bits per heavy atom. The van der Waals surface area contributed by atoms with Gasteiger partial charge in [-0.05, 0) is 6.92 Å². The van der Waals surface area contributed by atoms with E-state index in [1.54, 1.807) is 19.1 Å². The van der Waals surface area contributed by atoms with E-state index in [9.17, 15) is 4.79 Å². The van der Waals surface area contributed by atoms with Gasteiger partial charge in [0.2, 0.25) is 0 Å². The van der Waals surface area contributed by atoms with Crippen LogP contribution in [0.15, 0.2) is 24.8 Å². The predicted molar refractivity (Wildman–Crippen MR) is 44.8 cm³/mol. The first-order chi connectivity index (χ1) is 5.70. The third-order valence-electron chi connectivity index (χ3n) is 1.14. The van der Waals surface area contributed by atoms with Gasteiger partial charge in [0.05, 0.1) is 0 Å². The van der Waals surface area contributed by atoms with Gasteiger partial charge in [-0.25, -0.2) is 10.3 Å². The number of hydroxylamine groups is 1. The topological polar surface area (TPSA) is 58.6 Å². The van der Waals surface area contributed by atoms with E-state index in [1.807, 2.05) is 6.08 Å². The molecule has 0 saturated carbocycles. The van der Waals surface area contributed by atoms with Crippen molar-refractivity contribution >= 4 is 6.09 Å². The van der Waals surface area contributed by atoms with Gasteiger partial charge in [0.25, 0.3) is 0 Å². The summed E-state index contributed by atoms with van der Waals surface area (Å²) in [5, 5.41) is 8.10. The molecule has 1 atom stereocenters. The number of allylic oxidation sites excluding steroid dienone is 2. The molecular formula is C8H13NO3. The number of hydrogen-bond acceptors (Lipinski definition) is 3. The average molecular weight is 171 g/mol. The Kier molecular flexibility index (Phi) is 5.73. The van der Waals surface area contributed by atoms with Crippen molar-refractivity contribution in [3.05, 3.63) is 24.8 Å². The lowest BCUT2D eigenvalue weighted by Crippen LogP contribution is -2.24. The largest absolute Gasteiger partial charge is 0.445 e. The van der Waals surface area contributed by atoms with Crippen LogP contribution in [0.5, 0.6) is 0 Å². The van der Waals surface area contributed by atoms with E-state index < -0.39 is 6.09 Å². The summed E-state index contributed by atoms with van der Waals surface area (Å²) in [6, 6.07) is 0. The Morgan fingerprint density at radius 3 is 3.00 bits per heavy atom. The van der Waals surface area contributed by atoms with Crippen LogP contribution in [0.25, 0.3) is 0 Å². The molecule has 0 aliphatic heterocycles. The van der Waals surface area contributed by atoms with Crippen LogP contribution in [0.4, 0.5) is 4.79 Å². The van der Waals surface area contributed by atoms with Gasteiger partial charge in [0.15, 0.2) is 0 Å². The highest BCUT2D eigenvalue weighted by Gasteiger charge is 2.04. The summed E-state index contributed by atoms with van der Waals surface area (Å²) in [6.45, 7) is 5.21. The Labute approximate surface area is 71.5 Å². The zero-order valence-electron chi connectivity index (χ0n) is 6.99. The number of nitrogens with one attached hydrogen (secondary N) is 1. The first-order valence-corrected chi connectivity index (χ1v) is 3.59. The lowest BCUT2D eigenvalue weighted by molar-refractivity contribution is 0.0635. The molecule has 0 aliphatic rings. The highest BCUT2D eigenvalue weighted by molar-refractivity contribution is 5.65. The monoisotopic (exact) mass is 171 g/mol. The minimum atomic E-state index is -0.838. The summed E-state index contributed by atoms with van der Waals surface area (Å²) >= 11 is 0.